The maximum absolute atomic E-state index is 12.5. The fraction of sp³-hybridized carbons (Fsp3) is 0.435. The SMILES string of the molecule is CC(=O)Nc1cccc(SCC(=O)Nc2sc3c(c2C#N)CCC(C(C)(C)C)C3)c1. The number of carbonyl (C=O) groups excluding carboxylic acids is 2. The van der Waals surface area contributed by atoms with Crippen molar-refractivity contribution in [2.24, 2.45) is 11.3 Å². The number of benzene rings is 1. The van der Waals surface area contributed by atoms with Crippen LogP contribution in [-0.2, 0) is 22.4 Å². The molecule has 0 aliphatic heterocycles. The van der Waals surface area contributed by atoms with Gasteiger partial charge in [-0.2, -0.15) is 5.26 Å². The van der Waals surface area contributed by atoms with Crippen LogP contribution in [0.2, 0.25) is 0 Å². The topological polar surface area (TPSA) is 82.0 Å². The van der Waals surface area contributed by atoms with Gasteiger partial charge >= 0.3 is 0 Å². The van der Waals surface area contributed by atoms with Crippen molar-refractivity contribution in [2.45, 2.75) is 51.9 Å². The molecule has 1 unspecified atom stereocenters. The number of nitriles is 1. The highest BCUT2D eigenvalue weighted by atomic mass is 32.2. The molecule has 0 fully saturated rings. The summed E-state index contributed by atoms with van der Waals surface area (Å²) in [4.78, 5) is 25.9. The maximum Gasteiger partial charge on any atom is 0.235 e. The Bertz CT molecular complexity index is 999. The molecule has 158 valence electrons. The number of carbonyl (C=O) groups is 2. The van der Waals surface area contributed by atoms with Crippen LogP contribution in [0.1, 0.15) is 50.1 Å². The highest BCUT2D eigenvalue weighted by Gasteiger charge is 2.32. The van der Waals surface area contributed by atoms with Gasteiger partial charge < -0.3 is 10.6 Å². The third kappa shape index (κ3) is 5.44. The van der Waals surface area contributed by atoms with Gasteiger partial charge in [0.1, 0.15) is 11.1 Å². The second kappa shape index (κ2) is 9.23. The Morgan fingerprint density at radius 2 is 2.07 bits per heavy atom. The molecule has 1 heterocycles. The number of hydrogen-bond donors (Lipinski definition) is 2. The summed E-state index contributed by atoms with van der Waals surface area (Å²) < 4.78 is 0. The average molecular weight is 442 g/mol. The summed E-state index contributed by atoms with van der Waals surface area (Å²) in [5.41, 5.74) is 2.70. The Balaban J connectivity index is 1.66. The van der Waals surface area contributed by atoms with Crippen LogP contribution in [-0.4, -0.2) is 17.6 Å². The summed E-state index contributed by atoms with van der Waals surface area (Å²) in [5.74, 6) is 0.563. The average Bonchev–Trinajstić information content (AvgIpc) is 3.01. The first kappa shape index (κ1) is 22.4. The van der Waals surface area contributed by atoms with Crippen LogP contribution in [0.25, 0.3) is 0 Å². The third-order valence-electron chi connectivity index (χ3n) is 5.38. The van der Waals surface area contributed by atoms with E-state index in [0.29, 0.717) is 22.2 Å². The minimum Gasteiger partial charge on any atom is -0.326 e. The molecule has 1 atom stereocenters. The third-order valence-corrected chi connectivity index (χ3v) is 7.54. The van der Waals surface area contributed by atoms with Gasteiger partial charge in [-0.05, 0) is 54.4 Å². The smallest absolute Gasteiger partial charge is 0.235 e. The van der Waals surface area contributed by atoms with Crippen LogP contribution in [0.15, 0.2) is 29.2 Å². The monoisotopic (exact) mass is 441 g/mol. The molecule has 5 nitrogen and oxygen atoms in total. The van der Waals surface area contributed by atoms with Crippen LogP contribution in [0.3, 0.4) is 0 Å². The minimum atomic E-state index is -0.132. The molecular weight excluding hydrogens is 414 g/mol. The molecule has 0 radical (unpaired) electrons. The van der Waals surface area contributed by atoms with Crippen LogP contribution in [0.4, 0.5) is 10.7 Å². The van der Waals surface area contributed by atoms with Crippen molar-refractivity contribution in [1.82, 2.24) is 0 Å². The maximum atomic E-state index is 12.5. The molecule has 0 bridgehead atoms. The van der Waals surface area contributed by atoms with Gasteiger partial charge in [0.15, 0.2) is 0 Å². The molecule has 1 aromatic heterocycles. The number of thioether (sulfide) groups is 1. The lowest BCUT2D eigenvalue weighted by atomic mass is 9.72. The summed E-state index contributed by atoms with van der Waals surface area (Å²) >= 11 is 2.95. The molecule has 7 heteroatoms. The number of hydrogen-bond acceptors (Lipinski definition) is 5. The molecule has 30 heavy (non-hydrogen) atoms. The van der Waals surface area contributed by atoms with E-state index in [9.17, 15) is 14.9 Å². The van der Waals surface area contributed by atoms with E-state index in [-0.39, 0.29) is 23.0 Å². The fourth-order valence-electron chi connectivity index (χ4n) is 3.71. The van der Waals surface area contributed by atoms with E-state index in [0.717, 1.165) is 29.7 Å². The number of amides is 2. The van der Waals surface area contributed by atoms with Crippen molar-refractivity contribution in [3.63, 3.8) is 0 Å². The number of thiophene rings is 1. The van der Waals surface area contributed by atoms with Crippen molar-refractivity contribution in [3.8, 4) is 6.07 Å². The van der Waals surface area contributed by atoms with Crippen LogP contribution in [0, 0.1) is 22.7 Å². The second-order valence-corrected chi connectivity index (χ2v) is 10.8. The first-order chi connectivity index (χ1) is 14.2. The van der Waals surface area contributed by atoms with Crippen molar-refractivity contribution < 1.29 is 9.59 Å². The van der Waals surface area contributed by atoms with E-state index in [1.807, 2.05) is 24.3 Å². The highest BCUT2D eigenvalue weighted by Crippen LogP contribution is 2.44. The Hall–Kier alpha value is -2.30. The zero-order chi connectivity index (χ0) is 21.9. The lowest BCUT2D eigenvalue weighted by Gasteiger charge is -2.33. The molecule has 0 saturated carbocycles. The van der Waals surface area contributed by atoms with Crippen LogP contribution >= 0.6 is 23.1 Å². The Kier molecular flexibility index (Phi) is 6.89. The Labute approximate surface area is 186 Å². The Morgan fingerprint density at radius 3 is 2.73 bits per heavy atom. The molecule has 1 aromatic carbocycles. The predicted octanol–water partition coefficient (Wildman–Crippen LogP) is 5.46. The van der Waals surface area contributed by atoms with Gasteiger partial charge in [-0.15, -0.1) is 23.1 Å². The van der Waals surface area contributed by atoms with Gasteiger partial charge in [0.25, 0.3) is 0 Å². The molecule has 2 amide bonds. The van der Waals surface area contributed by atoms with Crippen molar-refractivity contribution in [1.29, 1.82) is 5.26 Å². The van der Waals surface area contributed by atoms with E-state index in [1.165, 1.54) is 23.6 Å². The summed E-state index contributed by atoms with van der Waals surface area (Å²) in [6.45, 7) is 8.26. The number of nitrogens with one attached hydrogen (secondary N) is 2. The van der Waals surface area contributed by atoms with Crippen molar-refractivity contribution in [3.05, 3.63) is 40.3 Å². The van der Waals surface area contributed by atoms with E-state index in [4.69, 9.17) is 0 Å². The highest BCUT2D eigenvalue weighted by molar-refractivity contribution is 8.00. The van der Waals surface area contributed by atoms with E-state index >= 15 is 0 Å². The molecular formula is C23H27N3O2S2. The zero-order valence-corrected chi connectivity index (χ0v) is 19.4. The first-order valence-electron chi connectivity index (χ1n) is 10.0. The van der Waals surface area contributed by atoms with Gasteiger partial charge in [-0.1, -0.05) is 26.8 Å². The summed E-state index contributed by atoms with van der Waals surface area (Å²) in [5, 5.41) is 16.1. The second-order valence-electron chi connectivity index (χ2n) is 8.67. The van der Waals surface area contributed by atoms with E-state index < -0.39 is 0 Å². The summed E-state index contributed by atoms with van der Waals surface area (Å²) in [7, 11) is 0. The lowest BCUT2D eigenvalue weighted by molar-refractivity contribution is -0.114. The van der Waals surface area contributed by atoms with Crippen molar-refractivity contribution in [2.75, 3.05) is 16.4 Å². The first-order valence-corrected chi connectivity index (χ1v) is 11.8. The Morgan fingerprint density at radius 1 is 1.30 bits per heavy atom. The molecule has 3 rings (SSSR count). The predicted molar refractivity (Wildman–Crippen MR) is 124 cm³/mol. The summed E-state index contributed by atoms with van der Waals surface area (Å²) in [6.07, 6.45) is 2.95. The normalized spacial score (nSPS) is 15.8. The standard InChI is InChI=1S/C23H27N3O2S2/c1-14(27)25-16-6-5-7-17(11-16)29-13-21(28)26-22-19(12-24)18-9-8-15(23(2,3)4)10-20(18)30-22/h5-7,11,15H,8-10,13H2,1-4H3,(H,25,27)(H,26,28). The van der Waals surface area contributed by atoms with E-state index in [1.54, 1.807) is 11.3 Å². The molecule has 1 aliphatic rings. The van der Waals surface area contributed by atoms with Gasteiger partial charge in [0.2, 0.25) is 11.8 Å². The molecule has 1 aliphatic carbocycles. The number of anilines is 2. The van der Waals surface area contributed by atoms with Crippen LogP contribution < -0.4 is 10.6 Å². The van der Waals surface area contributed by atoms with Gasteiger partial charge in [-0.3, -0.25) is 9.59 Å². The number of fused-ring (bicyclic) bond motifs is 1. The summed E-state index contributed by atoms with van der Waals surface area (Å²) in [6, 6.07) is 9.71. The molecule has 2 aromatic rings. The molecule has 0 saturated heterocycles. The quantitative estimate of drug-likeness (QED) is 0.604. The van der Waals surface area contributed by atoms with Crippen molar-refractivity contribution >= 4 is 45.6 Å². The van der Waals surface area contributed by atoms with Gasteiger partial charge in [0, 0.05) is 22.4 Å². The molecule has 0 spiro atoms. The largest absolute Gasteiger partial charge is 0.326 e. The van der Waals surface area contributed by atoms with Gasteiger partial charge in [0.05, 0.1) is 11.3 Å². The molecule has 2 N–H and O–H groups in total. The number of rotatable bonds is 5. The fourth-order valence-corrected chi connectivity index (χ4v) is 5.76. The van der Waals surface area contributed by atoms with Gasteiger partial charge in [-0.25, -0.2) is 0 Å². The van der Waals surface area contributed by atoms with E-state index in [2.05, 4.69) is 37.5 Å². The van der Waals surface area contributed by atoms with Crippen LogP contribution in [0.5, 0.6) is 0 Å². The number of nitrogens with zero attached hydrogens (tertiary/aromatic N) is 1. The lowest BCUT2D eigenvalue weighted by Crippen LogP contribution is -2.26. The minimum absolute atomic E-state index is 0.130. The zero-order valence-electron chi connectivity index (χ0n) is 17.8.